The Morgan fingerprint density at radius 3 is 2.57 bits per heavy atom. The van der Waals surface area contributed by atoms with E-state index in [2.05, 4.69) is 0 Å². The average molecular weight is 285 g/mol. The van der Waals surface area contributed by atoms with E-state index in [-0.39, 0.29) is 18.2 Å². The number of aliphatic carboxylic acids is 1. The second kappa shape index (κ2) is 5.09. The van der Waals surface area contributed by atoms with E-state index < -0.39 is 12.0 Å². The summed E-state index contributed by atoms with van der Waals surface area (Å²) in [6.45, 7) is 2.05. The van der Waals surface area contributed by atoms with Crippen LogP contribution < -0.4 is 0 Å². The van der Waals surface area contributed by atoms with Crippen molar-refractivity contribution in [3.05, 3.63) is 59.0 Å². The number of nitrogens with zero attached hydrogens (tertiary/aromatic N) is 1. The number of amides is 1. The highest BCUT2D eigenvalue weighted by molar-refractivity contribution is 5.95. The number of rotatable bonds is 2. The van der Waals surface area contributed by atoms with Crippen molar-refractivity contribution in [1.82, 2.24) is 4.90 Å². The van der Waals surface area contributed by atoms with Crippen molar-refractivity contribution in [3.63, 3.8) is 0 Å². The number of carbonyl (C=O) groups is 2. The minimum Gasteiger partial charge on any atom is -0.480 e. The first-order valence-corrected chi connectivity index (χ1v) is 6.72. The molecule has 5 heteroatoms. The molecule has 21 heavy (non-hydrogen) atoms. The number of hydrogen-bond donors (Lipinski definition) is 1. The van der Waals surface area contributed by atoms with Gasteiger partial charge in [0.15, 0.2) is 5.76 Å². The van der Waals surface area contributed by atoms with Gasteiger partial charge in [0.25, 0.3) is 5.91 Å². The van der Waals surface area contributed by atoms with Crippen molar-refractivity contribution in [3.8, 4) is 0 Å². The van der Waals surface area contributed by atoms with E-state index >= 15 is 0 Å². The molecule has 2 heterocycles. The Morgan fingerprint density at radius 1 is 1.24 bits per heavy atom. The quantitative estimate of drug-likeness (QED) is 0.918. The molecule has 0 saturated carbocycles. The van der Waals surface area contributed by atoms with Gasteiger partial charge >= 0.3 is 5.97 Å². The average Bonchev–Trinajstić information content (AvgIpc) is 2.91. The molecule has 1 N–H and O–H groups in total. The Morgan fingerprint density at radius 2 is 1.95 bits per heavy atom. The maximum absolute atomic E-state index is 12.6. The van der Waals surface area contributed by atoms with Crippen LogP contribution in [0.15, 0.2) is 41.0 Å². The van der Waals surface area contributed by atoms with Gasteiger partial charge in [-0.15, -0.1) is 0 Å². The fourth-order valence-corrected chi connectivity index (χ4v) is 2.68. The minimum atomic E-state index is -0.998. The van der Waals surface area contributed by atoms with E-state index in [4.69, 9.17) is 4.42 Å². The maximum Gasteiger partial charge on any atom is 0.326 e. The fourth-order valence-electron chi connectivity index (χ4n) is 2.68. The molecule has 0 saturated heterocycles. The lowest BCUT2D eigenvalue weighted by atomic mass is 9.93. The van der Waals surface area contributed by atoms with Crippen molar-refractivity contribution < 1.29 is 19.1 Å². The van der Waals surface area contributed by atoms with Crippen molar-refractivity contribution >= 4 is 11.9 Å². The smallest absolute Gasteiger partial charge is 0.326 e. The predicted molar refractivity (Wildman–Crippen MR) is 74.9 cm³/mol. The predicted octanol–water partition coefficient (Wildman–Crippen LogP) is 2.24. The van der Waals surface area contributed by atoms with Crippen LogP contribution in [0.2, 0.25) is 0 Å². The zero-order chi connectivity index (χ0) is 15.0. The molecule has 0 aliphatic carbocycles. The van der Waals surface area contributed by atoms with E-state index in [0.717, 1.165) is 11.1 Å². The number of carboxylic acid groups (broad SMARTS) is 1. The largest absolute Gasteiger partial charge is 0.480 e. The Bertz CT molecular complexity index is 704. The van der Waals surface area contributed by atoms with Crippen molar-refractivity contribution in [1.29, 1.82) is 0 Å². The number of benzene rings is 1. The Kier molecular flexibility index (Phi) is 3.25. The van der Waals surface area contributed by atoms with E-state index in [1.165, 1.54) is 11.2 Å². The maximum atomic E-state index is 12.6. The van der Waals surface area contributed by atoms with Crippen LogP contribution in [0.1, 0.15) is 27.2 Å². The molecular formula is C16H15NO4. The topological polar surface area (TPSA) is 70.8 Å². The second-order valence-electron chi connectivity index (χ2n) is 5.19. The normalized spacial score (nSPS) is 17.4. The molecule has 1 aromatic carbocycles. The van der Waals surface area contributed by atoms with Gasteiger partial charge in [-0.25, -0.2) is 4.79 Å². The fraction of sp³-hybridized carbons (Fsp3) is 0.250. The third-order valence-electron chi connectivity index (χ3n) is 3.85. The van der Waals surface area contributed by atoms with Gasteiger partial charge in [-0.3, -0.25) is 4.79 Å². The Balaban J connectivity index is 1.98. The monoisotopic (exact) mass is 285 g/mol. The standard InChI is InChI=1S/C16H15NO4/c1-10-6-7-21-14(10)15(18)17-9-12-5-3-2-4-11(12)8-13(17)16(19)20/h2-7,13H,8-9H2,1H3,(H,19,20). The highest BCUT2D eigenvalue weighted by Gasteiger charge is 2.36. The van der Waals surface area contributed by atoms with Crippen LogP contribution in [0.4, 0.5) is 0 Å². The molecule has 1 aromatic heterocycles. The van der Waals surface area contributed by atoms with Crippen LogP contribution in [-0.2, 0) is 17.8 Å². The summed E-state index contributed by atoms with van der Waals surface area (Å²) in [5.41, 5.74) is 2.67. The lowest BCUT2D eigenvalue weighted by Gasteiger charge is -2.34. The molecule has 108 valence electrons. The Labute approximate surface area is 121 Å². The van der Waals surface area contributed by atoms with E-state index in [1.54, 1.807) is 13.0 Å². The molecule has 1 aliphatic rings. The number of carbonyl (C=O) groups excluding carboxylic acids is 1. The molecule has 2 aromatic rings. The minimum absolute atomic E-state index is 0.209. The summed E-state index contributed by atoms with van der Waals surface area (Å²) in [5.74, 6) is -1.16. The summed E-state index contributed by atoms with van der Waals surface area (Å²) < 4.78 is 5.21. The van der Waals surface area contributed by atoms with Crippen LogP contribution in [-0.4, -0.2) is 27.9 Å². The summed E-state index contributed by atoms with van der Waals surface area (Å²) in [4.78, 5) is 25.5. The van der Waals surface area contributed by atoms with E-state index in [0.29, 0.717) is 12.0 Å². The van der Waals surface area contributed by atoms with Gasteiger partial charge < -0.3 is 14.4 Å². The van der Waals surface area contributed by atoms with Crippen molar-refractivity contribution in [2.24, 2.45) is 0 Å². The summed E-state index contributed by atoms with van der Waals surface area (Å²) in [6, 6.07) is 8.43. The number of hydrogen-bond acceptors (Lipinski definition) is 3. The van der Waals surface area contributed by atoms with Gasteiger partial charge in [-0.1, -0.05) is 24.3 Å². The lowest BCUT2D eigenvalue weighted by molar-refractivity contribution is -0.142. The number of carboxylic acids is 1. The van der Waals surface area contributed by atoms with Crippen LogP contribution in [0.25, 0.3) is 0 Å². The van der Waals surface area contributed by atoms with Gasteiger partial charge in [-0.05, 0) is 24.1 Å². The number of aryl methyl sites for hydroxylation is 1. The molecule has 3 rings (SSSR count). The first kappa shape index (κ1) is 13.4. The molecule has 1 unspecified atom stereocenters. The molecule has 1 aliphatic heterocycles. The van der Waals surface area contributed by atoms with Gasteiger partial charge in [0.1, 0.15) is 6.04 Å². The zero-order valence-corrected chi connectivity index (χ0v) is 11.6. The summed E-state index contributed by atoms with van der Waals surface area (Å²) in [6.07, 6.45) is 1.76. The summed E-state index contributed by atoms with van der Waals surface area (Å²) >= 11 is 0. The van der Waals surface area contributed by atoms with Crippen LogP contribution in [0, 0.1) is 6.92 Å². The molecule has 1 amide bonds. The Hall–Kier alpha value is -2.56. The SMILES string of the molecule is Cc1ccoc1C(=O)N1Cc2ccccc2CC1C(=O)O. The van der Waals surface area contributed by atoms with Crippen molar-refractivity contribution in [2.45, 2.75) is 25.9 Å². The number of fused-ring (bicyclic) bond motifs is 1. The third-order valence-corrected chi connectivity index (χ3v) is 3.85. The van der Waals surface area contributed by atoms with Crippen LogP contribution >= 0.6 is 0 Å². The zero-order valence-electron chi connectivity index (χ0n) is 11.6. The van der Waals surface area contributed by atoms with Gasteiger partial charge in [0, 0.05) is 18.5 Å². The van der Waals surface area contributed by atoms with Gasteiger partial charge in [-0.2, -0.15) is 0 Å². The second-order valence-corrected chi connectivity index (χ2v) is 5.19. The molecule has 1 atom stereocenters. The highest BCUT2D eigenvalue weighted by Crippen LogP contribution is 2.26. The van der Waals surface area contributed by atoms with Crippen LogP contribution in [0.3, 0.4) is 0 Å². The molecule has 0 bridgehead atoms. The van der Waals surface area contributed by atoms with Gasteiger partial charge in [0.2, 0.25) is 0 Å². The summed E-state index contributed by atoms with van der Waals surface area (Å²) in [7, 11) is 0. The lowest BCUT2D eigenvalue weighted by Crippen LogP contribution is -2.48. The molecule has 0 radical (unpaired) electrons. The first-order chi connectivity index (χ1) is 10.1. The van der Waals surface area contributed by atoms with Crippen LogP contribution in [0.5, 0.6) is 0 Å². The van der Waals surface area contributed by atoms with Crippen molar-refractivity contribution in [2.75, 3.05) is 0 Å². The van der Waals surface area contributed by atoms with E-state index in [9.17, 15) is 14.7 Å². The van der Waals surface area contributed by atoms with E-state index in [1.807, 2.05) is 24.3 Å². The molecular weight excluding hydrogens is 270 g/mol. The summed E-state index contributed by atoms with van der Waals surface area (Å²) in [5, 5.41) is 9.43. The molecule has 5 nitrogen and oxygen atoms in total. The third kappa shape index (κ3) is 2.31. The first-order valence-electron chi connectivity index (χ1n) is 6.72. The van der Waals surface area contributed by atoms with Gasteiger partial charge in [0.05, 0.1) is 6.26 Å². The molecule has 0 spiro atoms. The number of furan rings is 1. The molecule has 0 fully saturated rings. The highest BCUT2D eigenvalue weighted by atomic mass is 16.4.